The normalized spacial score (nSPS) is 16.3. The summed E-state index contributed by atoms with van der Waals surface area (Å²) < 4.78 is 218. The summed E-state index contributed by atoms with van der Waals surface area (Å²) in [5.41, 5.74) is -4.92. The van der Waals surface area contributed by atoms with Gasteiger partial charge in [0.25, 0.3) is 5.92 Å². The van der Waals surface area contributed by atoms with Gasteiger partial charge in [0, 0.05) is 57.9 Å². The van der Waals surface area contributed by atoms with Crippen LogP contribution in [0, 0.1) is 29.4 Å². The zero-order valence-electron chi connectivity index (χ0n) is 46.3. The highest BCUT2D eigenvalue weighted by molar-refractivity contribution is 7.93. The molecule has 0 spiro atoms. The Balaban J connectivity index is 1.36. The van der Waals surface area contributed by atoms with Gasteiger partial charge in [-0.05, 0) is 92.1 Å². The number of carbonyl (C=O) groups excluding carboxylic acids is 3. The molecule has 1 fully saturated rings. The Hall–Kier alpha value is -7.63. The molecule has 0 aliphatic heterocycles. The number of pyridine rings is 1. The molecule has 88 heavy (non-hydrogen) atoms. The number of carboxylic acids is 1. The highest BCUT2D eigenvalue weighted by atomic mass is 35.5. The van der Waals surface area contributed by atoms with Crippen LogP contribution in [0.5, 0.6) is 5.75 Å². The SMILES string of the molecule is CC(C)(CC(=O)N(c1nn(CC(F)(F)F)c2c(-c3ccc(C#CC(C)(C)S(C)(=O)=O)nc3[C@H](Cc3cc(F)cc(F)c3)NC(=O)Cn3nc(C(F)(F)F)c4c3C(F)(F)[C@@H]3C[C@H]43)ccc(Cl)c12)S(C)(=O)=O)c1c(CC(=O)O)cc(C(N)=O)cc1OP(=O)(O)O. The quantitative estimate of drug-likeness (QED) is 0.0290. The van der Waals surface area contributed by atoms with Gasteiger partial charge in [0.2, 0.25) is 27.7 Å². The molecular formula is C53H48ClF10N8O13PS2. The van der Waals surface area contributed by atoms with Crippen molar-refractivity contribution in [3.8, 4) is 28.7 Å². The first kappa shape index (κ1) is 66.3. The number of amides is 3. The van der Waals surface area contributed by atoms with E-state index in [2.05, 4.69) is 32.3 Å². The van der Waals surface area contributed by atoms with E-state index in [1.807, 2.05) is 0 Å². The maximum absolute atomic E-state index is 15.7. The van der Waals surface area contributed by atoms with E-state index in [0.29, 0.717) is 18.4 Å². The average molecular weight is 1330 g/mol. The number of sulfonamides is 1. The van der Waals surface area contributed by atoms with Crippen molar-refractivity contribution in [3.05, 3.63) is 122 Å². The van der Waals surface area contributed by atoms with E-state index in [9.17, 15) is 90.6 Å². The van der Waals surface area contributed by atoms with Crippen LogP contribution >= 0.6 is 19.4 Å². The molecule has 2 aliphatic carbocycles. The minimum absolute atomic E-state index is 0.0933. The summed E-state index contributed by atoms with van der Waals surface area (Å²) in [5, 5.41) is 18.2. The Morgan fingerprint density at radius 1 is 0.932 bits per heavy atom. The van der Waals surface area contributed by atoms with Crippen molar-refractivity contribution in [3.63, 3.8) is 0 Å². The first-order valence-corrected chi connectivity index (χ1v) is 31.1. The molecule has 8 rings (SSSR count). The minimum atomic E-state index is -5.64. The second-order valence-electron chi connectivity index (χ2n) is 22.0. The highest BCUT2D eigenvalue weighted by Crippen LogP contribution is 2.68. The third-order valence-corrected chi connectivity index (χ3v) is 18.1. The summed E-state index contributed by atoms with van der Waals surface area (Å²) in [6, 6.07) is 5.72. The van der Waals surface area contributed by atoms with Crippen LogP contribution in [-0.2, 0) is 82.3 Å². The minimum Gasteiger partial charge on any atom is -0.481 e. The molecule has 3 atom stereocenters. The number of nitrogens with two attached hydrogens (primary N) is 1. The molecule has 0 bridgehead atoms. The van der Waals surface area contributed by atoms with Crippen LogP contribution in [0.15, 0.2) is 54.6 Å². The van der Waals surface area contributed by atoms with E-state index in [0.717, 1.165) is 62.6 Å². The highest BCUT2D eigenvalue weighted by Gasteiger charge is 2.68. The third-order valence-electron chi connectivity index (χ3n) is 14.4. The number of fused-ring (bicyclic) bond motifs is 4. The number of rotatable bonds is 19. The summed E-state index contributed by atoms with van der Waals surface area (Å²) in [7, 11) is -14.8. The number of anilines is 1. The second kappa shape index (κ2) is 22.8. The van der Waals surface area contributed by atoms with E-state index < -0.39 is 225 Å². The van der Waals surface area contributed by atoms with Gasteiger partial charge in [-0.15, -0.1) is 0 Å². The van der Waals surface area contributed by atoms with Crippen molar-refractivity contribution < 1.29 is 104 Å². The maximum atomic E-state index is 15.7. The Labute approximate surface area is 497 Å². The van der Waals surface area contributed by atoms with Crippen LogP contribution in [0.4, 0.5) is 49.7 Å². The molecular weight excluding hydrogens is 1280 g/mol. The van der Waals surface area contributed by atoms with Gasteiger partial charge in [-0.25, -0.2) is 35.2 Å². The number of aliphatic carboxylic acids is 1. The Bertz CT molecular complexity index is 4270. The largest absolute Gasteiger partial charge is 0.524 e. The number of nitrogens with zero attached hydrogens (tertiary/aromatic N) is 6. The summed E-state index contributed by atoms with van der Waals surface area (Å²) in [6.07, 6.45) is -12.7. The average Bonchev–Trinajstić information content (AvgIpc) is 1.85. The summed E-state index contributed by atoms with van der Waals surface area (Å²) in [5.74, 6) is -12.1. The molecule has 472 valence electrons. The molecule has 3 aromatic carbocycles. The topological polar surface area (TPSA) is 313 Å². The number of aromatic nitrogens is 5. The molecule has 0 unspecified atom stereocenters. The molecule has 21 nitrogen and oxygen atoms in total. The number of primary amides is 1. The lowest BCUT2D eigenvalue weighted by atomic mass is 9.77. The van der Waals surface area contributed by atoms with Crippen molar-refractivity contribution in [2.45, 2.75) is 107 Å². The second-order valence-corrected chi connectivity index (χ2v) is 28.0. The Morgan fingerprint density at radius 3 is 2.11 bits per heavy atom. The van der Waals surface area contributed by atoms with E-state index in [-0.39, 0.29) is 25.7 Å². The molecule has 3 amide bonds. The monoisotopic (exact) mass is 1320 g/mol. The molecule has 3 aromatic heterocycles. The van der Waals surface area contributed by atoms with Crippen LogP contribution < -0.4 is 19.9 Å². The van der Waals surface area contributed by atoms with Gasteiger partial charge >= 0.3 is 26.1 Å². The first-order chi connectivity index (χ1) is 40.2. The number of hydrogen-bond donors (Lipinski definition) is 5. The number of phosphoric ester groups is 1. The van der Waals surface area contributed by atoms with Crippen molar-refractivity contribution in [1.82, 2.24) is 29.9 Å². The van der Waals surface area contributed by atoms with Crippen molar-refractivity contribution in [2.75, 3.05) is 16.8 Å². The van der Waals surface area contributed by atoms with Gasteiger partial charge in [-0.3, -0.25) is 38.3 Å². The zero-order valence-corrected chi connectivity index (χ0v) is 49.6. The lowest BCUT2D eigenvalue weighted by molar-refractivity contribution is -0.143. The van der Waals surface area contributed by atoms with Crippen LogP contribution in [0.3, 0.4) is 0 Å². The molecule has 1 saturated carbocycles. The molecule has 0 radical (unpaired) electrons. The molecule has 3 heterocycles. The maximum Gasteiger partial charge on any atom is 0.524 e. The molecule has 6 N–H and O–H groups in total. The van der Waals surface area contributed by atoms with Crippen molar-refractivity contribution in [2.24, 2.45) is 11.7 Å². The lowest BCUT2D eigenvalue weighted by Crippen LogP contribution is -2.40. The lowest BCUT2D eigenvalue weighted by Gasteiger charge is -2.31. The summed E-state index contributed by atoms with van der Waals surface area (Å²) in [6.45, 7) is 1.12. The summed E-state index contributed by atoms with van der Waals surface area (Å²) in [4.78, 5) is 77.9. The molecule has 35 heteroatoms. The van der Waals surface area contributed by atoms with Crippen molar-refractivity contribution >= 4 is 79.7 Å². The number of nitrogens with one attached hydrogen (secondary N) is 1. The number of carboxylic acid groups (broad SMARTS) is 1. The van der Waals surface area contributed by atoms with E-state index >= 15 is 8.78 Å². The molecule has 2 aliphatic rings. The number of halogens is 11. The van der Waals surface area contributed by atoms with Gasteiger partial charge in [-0.2, -0.15) is 49.6 Å². The van der Waals surface area contributed by atoms with E-state index in [1.54, 1.807) is 0 Å². The number of alkyl halides is 8. The van der Waals surface area contributed by atoms with Gasteiger partial charge in [0.1, 0.15) is 46.6 Å². The van der Waals surface area contributed by atoms with E-state index in [4.69, 9.17) is 21.9 Å². The standard InChI is InChI=1S/C53H48ClF10N8O13PS2/c1-49(2,42-25(18-39(75)76)16-26(47(65)77)17-36(42)85-86(78,79)80)21-38(74)72(88(6,83)84)48-41-34(54)10-9-31(44(41)71(69-48)23-51(57,58)59)30-8-7-29(11-12-50(3,4)87(5,81)82)66-43(30)35(15-24-13-27(55)19-28(56)14-24)67-37(73)22-70-46-40(45(68-70)53(62,63)64)32-20-33(32)52(46,60)61/h7-10,13-14,16-17,19,32-33,35H,15,18,20-23H2,1-6H3,(H2,65,77)(H,67,73)(H,75,76)(H2,78,79,80)/t32-,33+,35-/m0/s1. The third kappa shape index (κ3) is 13.8. The first-order valence-electron chi connectivity index (χ1n) is 25.5. The number of phosphoric acid groups is 1. The predicted octanol–water partition coefficient (Wildman–Crippen LogP) is 8.15. The van der Waals surface area contributed by atoms with Crippen LogP contribution in [0.1, 0.15) is 108 Å². The van der Waals surface area contributed by atoms with Gasteiger partial charge in [0.05, 0.1) is 40.3 Å². The fourth-order valence-corrected chi connectivity index (χ4v) is 12.2. The van der Waals surface area contributed by atoms with Crippen LogP contribution in [0.2, 0.25) is 5.02 Å². The van der Waals surface area contributed by atoms with Gasteiger partial charge in [0.15, 0.2) is 21.3 Å². The van der Waals surface area contributed by atoms with Crippen LogP contribution in [0.25, 0.3) is 22.0 Å². The molecule has 6 aromatic rings. The zero-order chi connectivity index (χ0) is 65.7. The Morgan fingerprint density at radius 2 is 1.56 bits per heavy atom. The van der Waals surface area contributed by atoms with E-state index in [1.165, 1.54) is 13.8 Å². The number of sulfone groups is 1. The van der Waals surface area contributed by atoms with Crippen molar-refractivity contribution in [1.29, 1.82) is 0 Å². The number of benzene rings is 3. The van der Waals surface area contributed by atoms with Gasteiger partial charge in [-0.1, -0.05) is 37.4 Å². The smallest absolute Gasteiger partial charge is 0.481 e. The molecule has 0 saturated heterocycles. The summed E-state index contributed by atoms with van der Waals surface area (Å²) >= 11 is 6.76. The predicted molar refractivity (Wildman–Crippen MR) is 292 cm³/mol. The van der Waals surface area contributed by atoms with Gasteiger partial charge < -0.3 is 20.7 Å². The fourth-order valence-electron chi connectivity index (χ4n) is 10.5. The number of hydrogen-bond acceptors (Lipinski definition) is 13. The Kier molecular flexibility index (Phi) is 17.1. The van der Waals surface area contributed by atoms with Crippen LogP contribution in [-0.4, -0.2) is 103 Å². The number of carbonyl (C=O) groups is 4. The fraction of sp³-hybridized carbons (Fsp3) is 0.377.